The molecular weight excluding hydrogens is 414 g/mol. The molecule has 0 saturated heterocycles. The number of hydrazone groups is 1. The number of hydrogen-bond acceptors (Lipinski definition) is 7. The molecule has 9 nitrogen and oxygen atoms in total. The molecule has 0 heterocycles. The largest absolute Gasteiger partial charge is 0.497 e. The summed E-state index contributed by atoms with van der Waals surface area (Å²) in [5.74, 6) is -0.986. The number of rotatable bonds is 7. The number of carbonyl (C=O) groups is 2. The van der Waals surface area contributed by atoms with E-state index in [1.54, 1.807) is 36.4 Å². The number of esters is 1. The topological polar surface area (TPSA) is 120 Å². The van der Waals surface area contributed by atoms with Gasteiger partial charge in [0.25, 0.3) is 5.91 Å². The van der Waals surface area contributed by atoms with Gasteiger partial charge in [-0.05, 0) is 49.4 Å². The van der Waals surface area contributed by atoms with Crippen LogP contribution in [-0.2, 0) is 0 Å². The number of methoxy groups -OCH3 is 1. The van der Waals surface area contributed by atoms with Gasteiger partial charge in [0.2, 0.25) is 5.75 Å². The molecule has 32 heavy (non-hydrogen) atoms. The van der Waals surface area contributed by atoms with E-state index in [9.17, 15) is 19.7 Å². The van der Waals surface area contributed by atoms with Gasteiger partial charge in [0.05, 0.1) is 23.8 Å². The lowest BCUT2D eigenvalue weighted by atomic mass is 10.1. The number of para-hydroxylation sites is 1. The Morgan fingerprint density at radius 3 is 2.28 bits per heavy atom. The predicted octanol–water partition coefficient (Wildman–Crippen LogP) is 3.89. The van der Waals surface area contributed by atoms with Crippen LogP contribution >= 0.6 is 0 Å². The van der Waals surface area contributed by atoms with Crippen LogP contribution < -0.4 is 14.9 Å². The van der Waals surface area contributed by atoms with Gasteiger partial charge in [-0.3, -0.25) is 14.9 Å². The van der Waals surface area contributed by atoms with Crippen LogP contribution in [0, 0.1) is 17.0 Å². The monoisotopic (exact) mass is 433 g/mol. The molecule has 0 bridgehead atoms. The van der Waals surface area contributed by atoms with Crippen molar-refractivity contribution in [2.45, 2.75) is 6.92 Å². The van der Waals surface area contributed by atoms with Crippen LogP contribution in [0.15, 0.2) is 71.8 Å². The highest BCUT2D eigenvalue weighted by Gasteiger charge is 2.22. The molecule has 3 aromatic carbocycles. The number of carbonyl (C=O) groups excluding carboxylic acids is 2. The molecule has 0 radical (unpaired) electrons. The molecule has 0 aromatic heterocycles. The molecule has 9 heteroatoms. The van der Waals surface area contributed by atoms with Crippen LogP contribution in [0.25, 0.3) is 0 Å². The van der Waals surface area contributed by atoms with Gasteiger partial charge in [-0.25, -0.2) is 10.2 Å². The van der Waals surface area contributed by atoms with Crippen molar-refractivity contribution < 1.29 is 24.0 Å². The molecule has 0 fully saturated rings. The lowest BCUT2D eigenvalue weighted by Gasteiger charge is -2.08. The maximum absolute atomic E-state index is 12.5. The Balaban J connectivity index is 1.82. The fraction of sp³-hybridized carbons (Fsp3) is 0.0870. The first-order valence-corrected chi connectivity index (χ1v) is 9.42. The third-order valence-electron chi connectivity index (χ3n) is 4.43. The van der Waals surface area contributed by atoms with Crippen molar-refractivity contribution in [2.24, 2.45) is 5.10 Å². The summed E-state index contributed by atoms with van der Waals surface area (Å²) in [7, 11) is 1.49. The minimum Gasteiger partial charge on any atom is -0.497 e. The van der Waals surface area contributed by atoms with E-state index in [1.165, 1.54) is 43.7 Å². The van der Waals surface area contributed by atoms with Crippen LogP contribution in [-0.4, -0.2) is 30.1 Å². The van der Waals surface area contributed by atoms with Crippen molar-refractivity contribution in [3.63, 3.8) is 0 Å². The van der Waals surface area contributed by atoms with Crippen LogP contribution in [0.4, 0.5) is 5.69 Å². The Morgan fingerprint density at radius 2 is 1.66 bits per heavy atom. The van der Waals surface area contributed by atoms with Crippen molar-refractivity contribution in [1.29, 1.82) is 0 Å². The van der Waals surface area contributed by atoms with E-state index in [1.807, 2.05) is 6.92 Å². The Hall–Kier alpha value is -4.53. The summed E-state index contributed by atoms with van der Waals surface area (Å²) in [5, 5.41) is 15.3. The zero-order valence-corrected chi connectivity index (χ0v) is 17.3. The molecule has 1 amide bonds. The number of aryl methyl sites for hydroxylation is 1. The number of benzene rings is 3. The second-order valence-electron chi connectivity index (χ2n) is 6.64. The van der Waals surface area contributed by atoms with E-state index in [-0.39, 0.29) is 16.9 Å². The second-order valence-corrected chi connectivity index (χ2v) is 6.64. The zero-order valence-electron chi connectivity index (χ0n) is 17.3. The van der Waals surface area contributed by atoms with Crippen LogP contribution in [0.1, 0.15) is 31.8 Å². The van der Waals surface area contributed by atoms with Crippen molar-refractivity contribution >= 4 is 23.8 Å². The van der Waals surface area contributed by atoms with Gasteiger partial charge in [-0.1, -0.05) is 23.8 Å². The fourth-order valence-electron chi connectivity index (χ4n) is 2.71. The van der Waals surface area contributed by atoms with Crippen molar-refractivity contribution in [1.82, 2.24) is 5.43 Å². The SMILES string of the molecule is COc1ccc(C(=O)Oc2c(/C=N/NC(=O)c3ccc(C)cc3)cccc2[N+](=O)[O-])cc1. The average Bonchev–Trinajstić information content (AvgIpc) is 2.80. The minimum atomic E-state index is -0.791. The Kier molecular flexibility index (Phi) is 6.92. The van der Waals surface area contributed by atoms with E-state index in [4.69, 9.17) is 9.47 Å². The molecule has 0 aliphatic rings. The van der Waals surface area contributed by atoms with E-state index >= 15 is 0 Å². The summed E-state index contributed by atoms with van der Waals surface area (Å²) >= 11 is 0. The minimum absolute atomic E-state index is 0.144. The van der Waals surface area contributed by atoms with Crippen molar-refractivity contribution in [3.05, 3.63) is 99.1 Å². The van der Waals surface area contributed by atoms with Gasteiger partial charge in [0, 0.05) is 17.2 Å². The van der Waals surface area contributed by atoms with Crippen LogP contribution in [0.2, 0.25) is 0 Å². The normalized spacial score (nSPS) is 10.6. The van der Waals surface area contributed by atoms with E-state index in [2.05, 4.69) is 10.5 Å². The van der Waals surface area contributed by atoms with Crippen molar-refractivity contribution in [3.8, 4) is 11.5 Å². The van der Waals surface area contributed by atoms with Gasteiger partial charge >= 0.3 is 11.7 Å². The summed E-state index contributed by atoms with van der Waals surface area (Å²) in [6, 6.07) is 17.1. The standard InChI is InChI=1S/C23H19N3O6/c1-15-6-8-16(9-7-15)22(27)25-24-14-18-4-3-5-20(26(29)30)21(18)32-23(28)17-10-12-19(31-2)13-11-17/h3-14H,1-2H3,(H,25,27)/b24-14+. The van der Waals surface area contributed by atoms with Gasteiger partial charge in [-0.2, -0.15) is 5.10 Å². The highest BCUT2D eigenvalue weighted by Crippen LogP contribution is 2.31. The first kappa shape index (κ1) is 22.2. The van der Waals surface area contributed by atoms with Crippen molar-refractivity contribution in [2.75, 3.05) is 7.11 Å². The molecule has 0 spiro atoms. The number of nitrogens with zero attached hydrogens (tertiary/aromatic N) is 2. The average molecular weight is 433 g/mol. The number of nitrogens with one attached hydrogen (secondary N) is 1. The third-order valence-corrected chi connectivity index (χ3v) is 4.43. The molecular formula is C23H19N3O6. The Bertz CT molecular complexity index is 1170. The number of hydrogen-bond donors (Lipinski definition) is 1. The lowest BCUT2D eigenvalue weighted by Crippen LogP contribution is -2.17. The molecule has 0 unspecified atom stereocenters. The number of nitro groups is 1. The molecule has 162 valence electrons. The molecule has 0 atom stereocenters. The maximum atomic E-state index is 12.5. The quantitative estimate of drug-likeness (QED) is 0.198. The van der Waals surface area contributed by atoms with E-state index < -0.39 is 22.5 Å². The number of amides is 1. The lowest BCUT2D eigenvalue weighted by molar-refractivity contribution is -0.385. The van der Waals surface area contributed by atoms with Gasteiger partial charge in [0.15, 0.2) is 0 Å². The molecule has 1 N–H and O–H groups in total. The summed E-state index contributed by atoms with van der Waals surface area (Å²) in [5.41, 5.74) is 3.66. The van der Waals surface area contributed by atoms with Crippen LogP contribution in [0.5, 0.6) is 11.5 Å². The van der Waals surface area contributed by atoms with Crippen LogP contribution in [0.3, 0.4) is 0 Å². The molecule has 0 aliphatic carbocycles. The first-order valence-electron chi connectivity index (χ1n) is 9.42. The fourth-order valence-corrected chi connectivity index (χ4v) is 2.71. The second kappa shape index (κ2) is 9.98. The number of nitro benzene ring substituents is 1. The third kappa shape index (κ3) is 5.33. The maximum Gasteiger partial charge on any atom is 0.343 e. The zero-order chi connectivity index (χ0) is 23.1. The Labute approximate surface area is 183 Å². The van der Waals surface area contributed by atoms with Gasteiger partial charge in [0.1, 0.15) is 5.75 Å². The summed E-state index contributed by atoms with van der Waals surface area (Å²) < 4.78 is 10.4. The number of ether oxygens (including phenoxy) is 2. The first-order chi connectivity index (χ1) is 15.4. The summed E-state index contributed by atoms with van der Waals surface area (Å²) in [6.07, 6.45) is 1.18. The van der Waals surface area contributed by atoms with Gasteiger partial charge in [-0.15, -0.1) is 0 Å². The predicted molar refractivity (Wildman–Crippen MR) is 117 cm³/mol. The summed E-state index contributed by atoms with van der Waals surface area (Å²) in [4.78, 5) is 35.5. The molecule has 0 aliphatic heterocycles. The molecule has 3 aromatic rings. The van der Waals surface area contributed by atoms with E-state index in [0.29, 0.717) is 11.3 Å². The Morgan fingerprint density at radius 1 is 1.00 bits per heavy atom. The summed E-state index contributed by atoms with van der Waals surface area (Å²) in [6.45, 7) is 1.90. The highest BCUT2D eigenvalue weighted by atomic mass is 16.6. The van der Waals surface area contributed by atoms with E-state index in [0.717, 1.165) is 5.56 Å². The smallest absolute Gasteiger partial charge is 0.343 e. The highest BCUT2D eigenvalue weighted by molar-refractivity contribution is 5.96. The molecule has 0 saturated carbocycles. The molecule has 3 rings (SSSR count). The van der Waals surface area contributed by atoms with Gasteiger partial charge < -0.3 is 9.47 Å².